The number of anilines is 1. The van der Waals surface area contributed by atoms with Crippen molar-refractivity contribution in [1.82, 2.24) is 4.98 Å². The van der Waals surface area contributed by atoms with E-state index in [1.807, 2.05) is 4.98 Å². The highest BCUT2D eigenvalue weighted by molar-refractivity contribution is 6.07. The van der Waals surface area contributed by atoms with Crippen LogP contribution in [0, 0.1) is 11.8 Å². The Bertz CT molecular complexity index is 1000. The second kappa shape index (κ2) is 6.74. The van der Waals surface area contributed by atoms with Gasteiger partial charge in [0.05, 0.1) is 0 Å². The number of H-pyrrole nitrogens is 1. The molecule has 0 saturated carbocycles. The molecule has 0 radical (unpaired) electrons. The lowest BCUT2D eigenvalue weighted by Gasteiger charge is -2.12. The molecule has 0 aliphatic carbocycles. The minimum atomic E-state index is -1.57. The number of carboxylic acids is 2. The lowest BCUT2D eigenvalue weighted by molar-refractivity contribution is 0.0695. The Hall–Kier alpha value is -3.57. The van der Waals surface area contributed by atoms with E-state index in [0.717, 1.165) is 0 Å². The number of aromatic nitrogens is 1. The van der Waals surface area contributed by atoms with E-state index >= 15 is 0 Å². The Kier molecular flexibility index (Phi) is 4.86. The van der Waals surface area contributed by atoms with Crippen molar-refractivity contribution in [2.45, 2.75) is 19.4 Å². The summed E-state index contributed by atoms with van der Waals surface area (Å²) in [6.45, 7) is 3.04. The molecular formula is C18H16N2O6. The number of nitrogens with two attached hydrogens (primary N) is 1. The number of hydrogen-bond donors (Lipinski definition) is 5. The number of aromatic amines is 1. The Labute approximate surface area is 147 Å². The summed E-state index contributed by atoms with van der Waals surface area (Å²) >= 11 is 0. The molecule has 0 bridgehead atoms. The molecule has 0 amide bonds. The number of nitrogen functional groups attached to an aromatic ring is 1. The first kappa shape index (κ1) is 18.8. The molecule has 2 rings (SSSR count). The summed E-state index contributed by atoms with van der Waals surface area (Å²) in [6.07, 6.45) is 0. The fourth-order valence-electron chi connectivity index (χ4n) is 2.28. The van der Waals surface area contributed by atoms with Crippen molar-refractivity contribution in [2.75, 3.05) is 5.73 Å². The largest absolute Gasteiger partial charge is 0.478 e. The summed E-state index contributed by atoms with van der Waals surface area (Å²) in [5, 5.41) is 28.3. The van der Waals surface area contributed by atoms with Crippen LogP contribution in [0.2, 0.25) is 0 Å². The normalized spacial score (nSPS) is 10.7. The van der Waals surface area contributed by atoms with Crippen LogP contribution in [0.15, 0.2) is 29.1 Å². The van der Waals surface area contributed by atoms with Crippen molar-refractivity contribution >= 4 is 17.8 Å². The fraction of sp³-hybridized carbons (Fsp3) is 0.167. The predicted octanol–water partition coefficient (Wildman–Crippen LogP) is 1.14. The van der Waals surface area contributed by atoms with E-state index in [4.69, 9.17) is 5.73 Å². The number of aliphatic hydroxyl groups is 1. The molecule has 134 valence electrons. The molecule has 0 aliphatic heterocycles. The van der Waals surface area contributed by atoms with Crippen molar-refractivity contribution in [2.24, 2.45) is 0 Å². The van der Waals surface area contributed by atoms with E-state index in [1.54, 1.807) is 0 Å². The lowest BCUT2D eigenvalue weighted by Crippen LogP contribution is -2.24. The van der Waals surface area contributed by atoms with Gasteiger partial charge in [0.15, 0.2) is 0 Å². The molecular weight excluding hydrogens is 340 g/mol. The van der Waals surface area contributed by atoms with Gasteiger partial charge in [-0.05, 0) is 31.5 Å². The maximum absolute atomic E-state index is 12.0. The van der Waals surface area contributed by atoms with Gasteiger partial charge in [-0.25, -0.2) is 9.59 Å². The minimum Gasteiger partial charge on any atom is -0.478 e. The lowest BCUT2D eigenvalue weighted by atomic mass is 9.94. The Morgan fingerprint density at radius 2 is 1.62 bits per heavy atom. The van der Waals surface area contributed by atoms with Crippen LogP contribution in [0.3, 0.4) is 0 Å². The van der Waals surface area contributed by atoms with Gasteiger partial charge in [0.25, 0.3) is 5.56 Å². The summed E-state index contributed by atoms with van der Waals surface area (Å²) < 4.78 is 0. The number of benzene rings is 1. The number of rotatable bonds is 3. The van der Waals surface area contributed by atoms with Crippen molar-refractivity contribution in [3.8, 4) is 23.0 Å². The average molecular weight is 356 g/mol. The van der Waals surface area contributed by atoms with Gasteiger partial charge in [-0.2, -0.15) is 0 Å². The number of pyridine rings is 1. The molecule has 0 atom stereocenters. The summed E-state index contributed by atoms with van der Waals surface area (Å²) in [5.41, 5.74) is 2.59. The summed E-state index contributed by atoms with van der Waals surface area (Å²) in [7, 11) is 0. The molecule has 0 spiro atoms. The van der Waals surface area contributed by atoms with Gasteiger partial charge in [0.1, 0.15) is 22.5 Å². The van der Waals surface area contributed by atoms with Crippen LogP contribution in [0.5, 0.6) is 0 Å². The standard InChI is InChI=1S/C18H16N2O6/c1-18(2,26)8-7-9-3-5-10(6-4-9)11-12(16(22)23)14(19)20-15(21)13(11)17(24)25/h3-6,26H,1-2H3,(H,22,23)(H,24,25)(H3,19,20,21). The van der Waals surface area contributed by atoms with E-state index in [2.05, 4.69) is 11.8 Å². The number of hydrogen-bond acceptors (Lipinski definition) is 5. The molecule has 8 nitrogen and oxygen atoms in total. The van der Waals surface area contributed by atoms with Crippen LogP contribution >= 0.6 is 0 Å². The molecule has 1 aromatic carbocycles. The third-order valence-electron chi connectivity index (χ3n) is 3.36. The van der Waals surface area contributed by atoms with Gasteiger partial charge in [0.2, 0.25) is 0 Å². The highest BCUT2D eigenvalue weighted by atomic mass is 16.4. The first-order valence-corrected chi connectivity index (χ1v) is 7.39. The third-order valence-corrected chi connectivity index (χ3v) is 3.36. The molecule has 8 heteroatoms. The molecule has 6 N–H and O–H groups in total. The summed E-state index contributed by atoms with van der Waals surface area (Å²) in [5.74, 6) is 1.87. The highest BCUT2D eigenvalue weighted by Gasteiger charge is 2.26. The first-order chi connectivity index (χ1) is 12.0. The zero-order valence-electron chi connectivity index (χ0n) is 14.0. The van der Waals surface area contributed by atoms with Gasteiger partial charge in [-0.3, -0.25) is 4.79 Å². The second-order valence-electron chi connectivity index (χ2n) is 5.99. The Balaban J connectivity index is 2.71. The monoisotopic (exact) mass is 356 g/mol. The fourth-order valence-corrected chi connectivity index (χ4v) is 2.28. The zero-order valence-corrected chi connectivity index (χ0v) is 14.0. The topological polar surface area (TPSA) is 154 Å². The molecule has 2 aromatic rings. The number of aromatic carboxylic acids is 2. The molecule has 0 aliphatic rings. The maximum atomic E-state index is 12.0. The van der Waals surface area contributed by atoms with E-state index in [1.165, 1.54) is 38.1 Å². The smallest absolute Gasteiger partial charge is 0.342 e. The van der Waals surface area contributed by atoms with Gasteiger partial charge in [-0.15, -0.1) is 0 Å². The zero-order chi connectivity index (χ0) is 19.6. The molecule has 1 heterocycles. The van der Waals surface area contributed by atoms with Crippen molar-refractivity contribution in [1.29, 1.82) is 0 Å². The van der Waals surface area contributed by atoms with Crippen LogP contribution in [0.4, 0.5) is 5.82 Å². The van der Waals surface area contributed by atoms with Crippen LogP contribution in [0.25, 0.3) is 11.1 Å². The van der Waals surface area contributed by atoms with Crippen molar-refractivity contribution in [3.63, 3.8) is 0 Å². The quantitative estimate of drug-likeness (QED) is 0.517. The van der Waals surface area contributed by atoms with Crippen molar-refractivity contribution in [3.05, 3.63) is 51.3 Å². The SMILES string of the molecule is CC(C)(O)C#Cc1ccc(-c2c(C(=O)O)c(N)[nH]c(=O)c2C(=O)O)cc1. The average Bonchev–Trinajstić information content (AvgIpc) is 2.51. The van der Waals surface area contributed by atoms with E-state index in [-0.39, 0.29) is 11.1 Å². The van der Waals surface area contributed by atoms with Crippen LogP contribution in [-0.4, -0.2) is 37.8 Å². The van der Waals surface area contributed by atoms with E-state index in [0.29, 0.717) is 5.56 Å². The highest BCUT2D eigenvalue weighted by Crippen LogP contribution is 2.29. The van der Waals surface area contributed by atoms with E-state index < -0.39 is 40.0 Å². The molecule has 0 unspecified atom stereocenters. The molecule has 26 heavy (non-hydrogen) atoms. The van der Waals surface area contributed by atoms with Gasteiger partial charge < -0.3 is 26.0 Å². The molecule has 1 aromatic heterocycles. The second-order valence-corrected chi connectivity index (χ2v) is 5.99. The number of carboxylic acid groups (broad SMARTS) is 2. The van der Waals surface area contributed by atoms with E-state index in [9.17, 15) is 29.7 Å². The number of carbonyl (C=O) groups is 2. The Morgan fingerprint density at radius 1 is 1.08 bits per heavy atom. The third kappa shape index (κ3) is 3.91. The maximum Gasteiger partial charge on any atom is 0.342 e. The minimum absolute atomic E-state index is 0.186. The number of nitrogens with one attached hydrogen (secondary N) is 1. The Morgan fingerprint density at radius 3 is 2.08 bits per heavy atom. The van der Waals surface area contributed by atoms with Crippen LogP contribution in [0.1, 0.15) is 40.1 Å². The van der Waals surface area contributed by atoms with Crippen LogP contribution < -0.4 is 11.3 Å². The van der Waals surface area contributed by atoms with Gasteiger partial charge in [-0.1, -0.05) is 24.0 Å². The summed E-state index contributed by atoms with van der Waals surface area (Å²) in [4.78, 5) is 37.0. The van der Waals surface area contributed by atoms with Gasteiger partial charge in [0, 0.05) is 11.1 Å². The van der Waals surface area contributed by atoms with Crippen LogP contribution in [-0.2, 0) is 0 Å². The van der Waals surface area contributed by atoms with Crippen molar-refractivity contribution < 1.29 is 24.9 Å². The van der Waals surface area contributed by atoms with Gasteiger partial charge >= 0.3 is 11.9 Å². The molecule has 0 fully saturated rings. The molecule has 0 saturated heterocycles. The first-order valence-electron chi connectivity index (χ1n) is 7.39. The predicted molar refractivity (Wildman–Crippen MR) is 94.0 cm³/mol. The summed E-state index contributed by atoms with van der Waals surface area (Å²) in [6, 6.07) is 5.90.